The molecular weight excluding hydrogens is 505 g/mol. The molecule has 0 saturated heterocycles. The van der Waals surface area contributed by atoms with E-state index in [0.29, 0.717) is 17.3 Å². The normalized spacial score (nSPS) is 21.9. The Balaban J connectivity index is 2.10. The fraction of sp³-hybridized carbons (Fsp3) is 0.621. The Kier molecular flexibility index (Phi) is 10.6. The minimum atomic E-state index is -4.35. The number of carbonyl (C=O) groups is 1. The Bertz CT molecular complexity index is 1080. The van der Waals surface area contributed by atoms with E-state index in [2.05, 4.69) is 31.6 Å². The van der Waals surface area contributed by atoms with Gasteiger partial charge in [0, 0.05) is 24.0 Å². The van der Waals surface area contributed by atoms with E-state index in [9.17, 15) is 14.5 Å². The first-order valence-corrected chi connectivity index (χ1v) is 15.4. The zero-order chi connectivity index (χ0) is 28.0. The number of rotatable bonds is 13. The Morgan fingerprint density at radius 3 is 2.66 bits per heavy atom. The highest BCUT2D eigenvalue weighted by atomic mass is 31.2. The van der Waals surface area contributed by atoms with Crippen molar-refractivity contribution in [3.8, 4) is 11.5 Å². The molecule has 1 aromatic rings. The number of aryl methyl sites for hydroxylation is 1. The molecule has 1 heterocycles. The summed E-state index contributed by atoms with van der Waals surface area (Å²) in [5, 5.41) is 13.0. The number of ether oxygens (including phenoxy) is 3. The van der Waals surface area contributed by atoms with Crippen LogP contribution in [0.25, 0.3) is 0 Å². The lowest BCUT2D eigenvalue weighted by Gasteiger charge is -2.38. The van der Waals surface area contributed by atoms with E-state index < -0.39 is 31.7 Å². The van der Waals surface area contributed by atoms with Gasteiger partial charge in [-0.05, 0) is 78.0 Å². The van der Waals surface area contributed by atoms with Crippen LogP contribution in [0.1, 0.15) is 90.7 Å². The van der Waals surface area contributed by atoms with Gasteiger partial charge in [-0.25, -0.2) is 14.4 Å². The molecule has 212 valence electrons. The summed E-state index contributed by atoms with van der Waals surface area (Å²) in [4.78, 5) is 13.2. The van der Waals surface area contributed by atoms with E-state index >= 15 is 0 Å². The number of hydrogen-bond acceptors (Lipinski definition) is 7. The maximum Gasteiger partial charge on any atom is 0.424 e. The van der Waals surface area contributed by atoms with Crippen LogP contribution in [0.15, 0.2) is 36.1 Å². The van der Waals surface area contributed by atoms with Crippen molar-refractivity contribution in [1.82, 2.24) is 5.09 Å². The van der Waals surface area contributed by atoms with E-state index in [1.165, 1.54) is 5.57 Å². The Morgan fingerprint density at radius 2 is 2.00 bits per heavy atom. The quantitative estimate of drug-likeness (QED) is 0.115. The zero-order valence-electron chi connectivity index (χ0n) is 23.6. The molecule has 0 aromatic heterocycles. The van der Waals surface area contributed by atoms with Gasteiger partial charge >= 0.3 is 13.2 Å². The number of aliphatic hydroxyl groups is 1. The monoisotopic (exact) mass is 549 g/mol. The summed E-state index contributed by atoms with van der Waals surface area (Å²) in [6, 6.07) is 3.00. The van der Waals surface area contributed by atoms with Gasteiger partial charge < -0.3 is 23.8 Å². The van der Waals surface area contributed by atoms with E-state index in [1.54, 1.807) is 27.7 Å². The molecule has 0 bridgehead atoms. The molecule has 1 aliphatic carbocycles. The topological polar surface area (TPSA) is 103 Å². The highest BCUT2D eigenvalue weighted by molar-refractivity contribution is 7.74. The van der Waals surface area contributed by atoms with Gasteiger partial charge in [0.2, 0.25) is 0 Å². The number of carbonyl (C=O) groups excluding carboxylic acids is 1. The van der Waals surface area contributed by atoms with Crippen LogP contribution in [0.4, 0.5) is 4.79 Å². The summed E-state index contributed by atoms with van der Waals surface area (Å²) in [5.74, 6) is 1.60. The van der Waals surface area contributed by atoms with Crippen molar-refractivity contribution in [3.63, 3.8) is 0 Å². The average molecular weight is 550 g/mol. The van der Waals surface area contributed by atoms with Gasteiger partial charge in [-0.1, -0.05) is 38.0 Å². The van der Waals surface area contributed by atoms with E-state index in [1.807, 2.05) is 12.1 Å². The number of aliphatic hydroxyl groups excluding tert-OH is 1. The summed E-state index contributed by atoms with van der Waals surface area (Å²) >= 11 is 0. The molecule has 38 heavy (non-hydrogen) atoms. The average Bonchev–Trinajstić information content (AvgIpc) is 2.83. The van der Waals surface area contributed by atoms with Gasteiger partial charge in [0.1, 0.15) is 17.3 Å². The lowest BCUT2D eigenvalue weighted by Crippen LogP contribution is -2.40. The van der Waals surface area contributed by atoms with Crippen LogP contribution >= 0.6 is 7.52 Å². The van der Waals surface area contributed by atoms with Crippen molar-refractivity contribution >= 4 is 13.2 Å². The Hall–Kier alpha value is -2.12. The number of hydrogen-bond donors (Lipinski definition) is 2. The van der Waals surface area contributed by atoms with Gasteiger partial charge in [0.15, 0.2) is 6.29 Å². The predicted molar refractivity (Wildman–Crippen MR) is 149 cm³/mol. The molecule has 0 fully saturated rings. The van der Waals surface area contributed by atoms with Crippen LogP contribution in [0.3, 0.4) is 0 Å². The molecule has 2 N–H and O–H groups in total. The van der Waals surface area contributed by atoms with Crippen molar-refractivity contribution in [1.29, 1.82) is 0 Å². The third-order valence-corrected chi connectivity index (χ3v) is 8.70. The molecule has 1 aromatic carbocycles. The third-order valence-electron chi connectivity index (χ3n) is 6.91. The molecule has 1 aliphatic heterocycles. The van der Waals surface area contributed by atoms with Crippen molar-refractivity contribution in [2.45, 2.75) is 104 Å². The second-order valence-electron chi connectivity index (χ2n) is 10.6. The highest BCUT2D eigenvalue weighted by Crippen LogP contribution is 2.55. The van der Waals surface area contributed by atoms with Gasteiger partial charge in [-0.3, -0.25) is 0 Å². The molecule has 0 saturated carbocycles. The standard InChI is InChI=1S/C29H44NO7P/c1-8-10-11-12-22-16-25-27(24-15-19(5)13-14-23(24)21(7)36-25)26(17-22)37-38(33,29(32)35-18(3)4)30-20(6)28(31)34-9-2/h15-18,20,23-24,28,31H,7-14H2,1-6H3,(H,30,33). The minimum Gasteiger partial charge on any atom is -0.462 e. The van der Waals surface area contributed by atoms with Crippen molar-refractivity contribution in [2.75, 3.05) is 6.61 Å². The number of allylic oxidation sites excluding steroid dienone is 3. The first kappa shape index (κ1) is 30.4. The minimum absolute atomic E-state index is 0.0492. The number of nitrogens with one attached hydrogen (secondary N) is 1. The highest BCUT2D eigenvalue weighted by Gasteiger charge is 2.43. The third kappa shape index (κ3) is 7.29. The van der Waals surface area contributed by atoms with Gasteiger partial charge in [0.25, 0.3) is 0 Å². The lowest BCUT2D eigenvalue weighted by atomic mass is 9.74. The second kappa shape index (κ2) is 13.3. The van der Waals surface area contributed by atoms with E-state index in [0.717, 1.165) is 49.7 Å². The van der Waals surface area contributed by atoms with E-state index in [4.69, 9.17) is 18.7 Å². The number of fused-ring (bicyclic) bond motifs is 3. The first-order chi connectivity index (χ1) is 18.0. The molecular formula is C29H44NO7P. The summed E-state index contributed by atoms with van der Waals surface area (Å²) in [5.41, 5.74) is 1.94. The largest absolute Gasteiger partial charge is 0.462 e. The maximum atomic E-state index is 14.2. The Morgan fingerprint density at radius 1 is 1.26 bits per heavy atom. The van der Waals surface area contributed by atoms with Crippen LogP contribution in [-0.2, 0) is 20.5 Å². The SMILES string of the molecule is C=C1Oc2cc(CCCCC)cc(OP(=O)(NC(C)C(O)OCC)C(=O)OC(C)C)c2C2C=C(C)CCC12. The molecule has 3 rings (SSSR count). The van der Waals surface area contributed by atoms with Gasteiger partial charge in [0.05, 0.1) is 12.1 Å². The second-order valence-corrected chi connectivity index (χ2v) is 12.5. The van der Waals surface area contributed by atoms with Gasteiger partial charge in [-0.2, -0.15) is 0 Å². The zero-order valence-corrected chi connectivity index (χ0v) is 24.5. The summed E-state index contributed by atoms with van der Waals surface area (Å²) in [7, 11) is -4.35. The predicted octanol–water partition coefficient (Wildman–Crippen LogP) is 7.22. The van der Waals surface area contributed by atoms with Crippen molar-refractivity contribution in [3.05, 3.63) is 47.2 Å². The van der Waals surface area contributed by atoms with Crippen LogP contribution in [-0.4, -0.2) is 35.9 Å². The molecule has 8 nitrogen and oxygen atoms in total. The first-order valence-electron chi connectivity index (χ1n) is 13.8. The maximum absolute atomic E-state index is 14.2. The number of benzene rings is 1. The van der Waals surface area contributed by atoms with Crippen LogP contribution in [0, 0.1) is 5.92 Å². The fourth-order valence-electron chi connectivity index (χ4n) is 4.97. The van der Waals surface area contributed by atoms with Crippen molar-refractivity contribution in [2.24, 2.45) is 5.92 Å². The number of unbranched alkanes of at least 4 members (excludes halogenated alkanes) is 2. The smallest absolute Gasteiger partial charge is 0.424 e. The van der Waals surface area contributed by atoms with Crippen LogP contribution in [0.2, 0.25) is 0 Å². The Labute approximate surface area is 227 Å². The van der Waals surface area contributed by atoms with Crippen LogP contribution in [0.5, 0.6) is 11.5 Å². The molecule has 0 radical (unpaired) electrons. The summed E-state index contributed by atoms with van der Waals surface area (Å²) < 4.78 is 37.3. The molecule has 2 aliphatic rings. The molecule has 5 atom stereocenters. The fourth-order valence-corrected chi connectivity index (χ4v) is 6.65. The molecule has 0 spiro atoms. The summed E-state index contributed by atoms with van der Waals surface area (Å²) in [6.07, 6.45) is 6.12. The lowest BCUT2D eigenvalue weighted by molar-refractivity contribution is -0.109. The molecule has 9 heteroatoms. The van der Waals surface area contributed by atoms with E-state index in [-0.39, 0.29) is 18.4 Å². The summed E-state index contributed by atoms with van der Waals surface area (Å²) in [6.45, 7) is 15.3. The van der Waals surface area contributed by atoms with Crippen molar-refractivity contribution < 1.29 is 33.2 Å². The molecule has 0 amide bonds. The molecule has 5 unspecified atom stereocenters. The van der Waals surface area contributed by atoms with Gasteiger partial charge in [-0.15, -0.1) is 0 Å². The van der Waals surface area contributed by atoms with Crippen LogP contribution < -0.4 is 14.3 Å².